The van der Waals surface area contributed by atoms with Crippen molar-refractivity contribution in [1.29, 1.82) is 5.26 Å². The molecule has 0 atom stereocenters. The van der Waals surface area contributed by atoms with E-state index in [2.05, 4.69) is 10.1 Å². The summed E-state index contributed by atoms with van der Waals surface area (Å²) in [7, 11) is 1.19. The number of rotatable bonds is 5. The van der Waals surface area contributed by atoms with E-state index in [1.54, 1.807) is 12.3 Å². The zero-order valence-electron chi connectivity index (χ0n) is 10.4. The van der Waals surface area contributed by atoms with E-state index in [1.165, 1.54) is 7.11 Å². The van der Waals surface area contributed by atoms with Gasteiger partial charge in [0.25, 0.3) is 0 Å². The van der Waals surface area contributed by atoms with Gasteiger partial charge in [-0.1, -0.05) is 13.8 Å². The number of hydrogen-bond acceptors (Lipinski definition) is 5. The first-order valence-corrected chi connectivity index (χ1v) is 6.25. The minimum atomic E-state index is -0.748. The molecule has 0 saturated heterocycles. The van der Waals surface area contributed by atoms with Crippen molar-refractivity contribution in [3.63, 3.8) is 0 Å². The van der Waals surface area contributed by atoms with Gasteiger partial charge in [0.15, 0.2) is 5.57 Å². The molecule has 5 nitrogen and oxygen atoms in total. The first-order chi connectivity index (χ1) is 7.96. The van der Waals surface area contributed by atoms with E-state index in [1.807, 2.05) is 13.8 Å². The van der Waals surface area contributed by atoms with E-state index in [-0.39, 0.29) is 22.4 Å². The first kappa shape index (κ1) is 15.5. The van der Waals surface area contributed by atoms with Crippen LogP contribution in [-0.2, 0) is 14.3 Å². The minimum absolute atomic E-state index is 0.183. The Morgan fingerprint density at radius 1 is 1.47 bits per heavy atom. The van der Waals surface area contributed by atoms with Gasteiger partial charge in [0.1, 0.15) is 11.1 Å². The maximum Gasteiger partial charge on any atom is 0.351 e. The van der Waals surface area contributed by atoms with Crippen LogP contribution in [0.15, 0.2) is 10.6 Å². The second-order valence-electron chi connectivity index (χ2n) is 3.66. The minimum Gasteiger partial charge on any atom is -0.465 e. The number of hydrogen-bond donors (Lipinski definition) is 1. The van der Waals surface area contributed by atoms with Crippen molar-refractivity contribution < 1.29 is 14.3 Å². The number of nitrogens with one attached hydrogen (secondary N) is 1. The Hall–Kier alpha value is -1.48. The van der Waals surface area contributed by atoms with Crippen LogP contribution in [-0.4, -0.2) is 25.2 Å². The van der Waals surface area contributed by atoms with E-state index in [0.717, 1.165) is 11.8 Å². The van der Waals surface area contributed by atoms with Crippen molar-refractivity contribution in [2.75, 3.05) is 13.4 Å². The summed E-state index contributed by atoms with van der Waals surface area (Å²) in [5.41, 5.74) is -0.183. The molecule has 0 heterocycles. The molecule has 0 aromatic heterocycles. The lowest BCUT2D eigenvalue weighted by Crippen LogP contribution is -2.25. The van der Waals surface area contributed by atoms with Crippen molar-refractivity contribution >= 4 is 23.6 Å². The molecule has 0 aromatic carbocycles. The molecule has 94 valence electrons. The molecule has 0 aliphatic heterocycles. The van der Waals surface area contributed by atoms with Crippen molar-refractivity contribution in [3.8, 4) is 6.07 Å². The van der Waals surface area contributed by atoms with Crippen LogP contribution < -0.4 is 5.32 Å². The van der Waals surface area contributed by atoms with Gasteiger partial charge in [0.05, 0.1) is 7.11 Å². The summed E-state index contributed by atoms with van der Waals surface area (Å²) in [6, 6.07) is 1.73. The summed E-state index contributed by atoms with van der Waals surface area (Å²) in [6.07, 6.45) is 2.01. The predicted octanol–water partition coefficient (Wildman–Crippen LogP) is 1.42. The molecule has 1 amide bonds. The van der Waals surface area contributed by atoms with Crippen LogP contribution in [0.4, 0.5) is 0 Å². The van der Waals surface area contributed by atoms with Crippen LogP contribution in [0.3, 0.4) is 0 Å². The SMILES string of the molecule is COC(=O)/C(C#N)=C(\NC(=O)CC(C)C)SC. The Morgan fingerprint density at radius 3 is 2.41 bits per heavy atom. The molecule has 0 bridgehead atoms. The lowest BCUT2D eigenvalue weighted by atomic mass is 10.1. The molecular weight excluding hydrogens is 240 g/mol. The maximum atomic E-state index is 11.5. The molecule has 0 rings (SSSR count). The number of carbonyl (C=O) groups excluding carboxylic acids is 2. The van der Waals surface area contributed by atoms with Gasteiger partial charge in [-0.15, -0.1) is 11.8 Å². The normalized spacial score (nSPS) is 11.5. The fourth-order valence-electron chi connectivity index (χ4n) is 1.06. The average molecular weight is 256 g/mol. The molecule has 1 N–H and O–H groups in total. The molecular formula is C11H16N2O3S. The van der Waals surface area contributed by atoms with Gasteiger partial charge in [-0.3, -0.25) is 4.79 Å². The molecule has 17 heavy (non-hydrogen) atoms. The Labute approximate surface area is 105 Å². The van der Waals surface area contributed by atoms with Crippen molar-refractivity contribution in [2.24, 2.45) is 5.92 Å². The van der Waals surface area contributed by atoms with Crippen molar-refractivity contribution in [2.45, 2.75) is 20.3 Å². The second-order valence-corrected chi connectivity index (χ2v) is 4.47. The van der Waals surface area contributed by atoms with Crippen LogP contribution >= 0.6 is 11.8 Å². The first-order valence-electron chi connectivity index (χ1n) is 5.02. The van der Waals surface area contributed by atoms with Crippen LogP contribution in [0.5, 0.6) is 0 Å². The summed E-state index contributed by atoms with van der Waals surface area (Å²) in [5, 5.41) is 11.6. The fraction of sp³-hybridized carbons (Fsp3) is 0.545. The third kappa shape index (κ3) is 5.41. The number of amides is 1. The topological polar surface area (TPSA) is 79.2 Å². The largest absolute Gasteiger partial charge is 0.465 e. The summed E-state index contributed by atoms with van der Waals surface area (Å²) >= 11 is 1.13. The number of nitriles is 1. The quantitative estimate of drug-likeness (QED) is 0.457. The second kappa shape index (κ2) is 7.74. The molecule has 0 spiro atoms. The van der Waals surface area contributed by atoms with Gasteiger partial charge in [0.2, 0.25) is 5.91 Å². The van der Waals surface area contributed by atoms with Crippen molar-refractivity contribution in [3.05, 3.63) is 10.6 Å². The van der Waals surface area contributed by atoms with Gasteiger partial charge in [-0.2, -0.15) is 5.26 Å². The highest BCUT2D eigenvalue weighted by Crippen LogP contribution is 2.15. The number of ether oxygens (including phenoxy) is 1. The van der Waals surface area contributed by atoms with E-state index < -0.39 is 5.97 Å². The van der Waals surface area contributed by atoms with E-state index in [0.29, 0.717) is 6.42 Å². The lowest BCUT2D eigenvalue weighted by molar-refractivity contribution is -0.135. The summed E-state index contributed by atoms with van der Waals surface area (Å²) in [5.74, 6) is -0.760. The molecule has 6 heteroatoms. The van der Waals surface area contributed by atoms with Crippen LogP contribution in [0.1, 0.15) is 20.3 Å². The molecule has 0 unspecified atom stereocenters. The van der Waals surface area contributed by atoms with E-state index in [4.69, 9.17) is 5.26 Å². The molecule has 0 radical (unpaired) electrons. The third-order valence-electron chi connectivity index (χ3n) is 1.78. The monoisotopic (exact) mass is 256 g/mol. The number of esters is 1. The Balaban J connectivity index is 4.93. The molecule has 0 aromatic rings. The fourth-order valence-corrected chi connectivity index (χ4v) is 1.60. The molecule has 0 aliphatic carbocycles. The number of thioether (sulfide) groups is 1. The highest BCUT2D eigenvalue weighted by Gasteiger charge is 2.17. The number of methoxy groups -OCH3 is 1. The van der Waals surface area contributed by atoms with E-state index >= 15 is 0 Å². The number of carbonyl (C=O) groups is 2. The predicted molar refractivity (Wildman–Crippen MR) is 65.8 cm³/mol. The molecule has 0 fully saturated rings. The maximum absolute atomic E-state index is 11.5. The summed E-state index contributed by atoms with van der Waals surface area (Å²) in [6.45, 7) is 3.82. The van der Waals surface area contributed by atoms with Gasteiger partial charge in [-0.25, -0.2) is 4.79 Å². The van der Waals surface area contributed by atoms with Crippen LogP contribution in [0.2, 0.25) is 0 Å². The zero-order chi connectivity index (χ0) is 13.4. The average Bonchev–Trinajstić information content (AvgIpc) is 2.27. The Bertz CT molecular complexity index is 369. The smallest absolute Gasteiger partial charge is 0.351 e. The van der Waals surface area contributed by atoms with Crippen LogP contribution in [0.25, 0.3) is 0 Å². The zero-order valence-corrected chi connectivity index (χ0v) is 11.2. The lowest BCUT2D eigenvalue weighted by Gasteiger charge is -2.10. The Kier molecular flexibility index (Phi) is 7.06. The van der Waals surface area contributed by atoms with Gasteiger partial charge >= 0.3 is 5.97 Å². The standard InChI is InChI=1S/C11H16N2O3S/c1-7(2)5-9(14)13-10(17-4)8(6-12)11(15)16-3/h7H,5H2,1-4H3,(H,13,14)/b10-8+. The molecule has 0 aliphatic rings. The van der Waals surface area contributed by atoms with Crippen LogP contribution in [0, 0.1) is 17.2 Å². The third-order valence-corrected chi connectivity index (χ3v) is 2.49. The van der Waals surface area contributed by atoms with Gasteiger partial charge in [0, 0.05) is 6.42 Å². The number of nitrogens with zero attached hydrogens (tertiary/aromatic N) is 1. The van der Waals surface area contributed by atoms with Gasteiger partial charge < -0.3 is 10.1 Å². The van der Waals surface area contributed by atoms with Crippen molar-refractivity contribution in [1.82, 2.24) is 5.32 Å². The van der Waals surface area contributed by atoms with Gasteiger partial charge in [-0.05, 0) is 12.2 Å². The Morgan fingerprint density at radius 2 is 2.06 bits per heavy atom. The molecule has 0 saturated carbocycles. The highest BCUT2D eigenvalue weighted by molar-refractivity contribution is 8.02. The summed E-state index contributed by atoms with van der Waals surface area (Å²) in [4.78, 5) is 22.8. The highest BCUT2D eigenvalue weighted by atomic mass is 32.2. The van der Waals surface area contributed by atoms with E-state index in [9.17, 15) is 9.59 Å². The summed E-state index contributed by atoms with van der Waals surface area (Å²) < 4.78 is 4.46.